The number of carbonyl (C=O) groups is 1. The fourth-order valence-corrected chi connectivity index (χ4v) is 1.57. The highest BCUT2D eigenvalue weighted by Gasteiger charge is 2.25. The molecule has 0 radical (unpaired) electrons. The van der Waals surface area contributed by atoms with Gasteiger partial charge < -0.3 is 15.6 Å². The molecule has 3 N–H and O–H groups in total. The number of nitrogens with two attached hydrogens (primary N) is 1. The van der Waals surface area contributed by atoms with Gasteiger partial charge in [0.1, 0.15) is 6.10 Å². The van der Waals surface area contributed by atoms with Crippen LogP contribution < -0.4 is 5.73 Å². The van der Waals surface area contributed by atoms with Gasteiger partial charge in [0.05, 0.1) is 12.2 Å². The molecule has 19 heavy (non-hydrogen) atoms. The predicted molar refractivity (Wildman–Crippen MR) is 72.9 cm³/mol. The molecule has 1 saturated heterocycles. The fraction of sp³-hybridized carbons (Fsp3) is 0.133. The summed E-state index contributed by atoms with van der Waals surface area (Å²) in [5, 5.41) is 8.67. The number of ether oxygens (including phenoxy) is 1. The molecule has 0 amide bonds. The second-order valence-electron chi connectivity index (χ2n) is 4.16. The lowest BCUT2D eigenvalue weighted by Crippen LogP contribution is -1.96. The molecule has 0 unspecified atom stereocenters. The van der Waals surface area contributed by atoms with Crippen LogP contribution in [0.3, 0.4) is 0 Å². The van der Waals surface area contributed by atoms with Gasteiger partial charge in [-0.2, -0.15) is 0 Å². The molecule has 2 aromatic rings. The van der Waals surface area contributed by atoms with Crippen LogP contribution in [0.5, 0.6) is 0 Å². The number of hydrogen-bond acceptors (Lipinski definition) is 3. The van der Waals surface area contributed by atoms with Crippen molar-refractivity contribution in [3.8, 4) is 0 Å². The maximum absolute atomic E-state index is 10.6. The lowest BCUT2D eigenvalue weighted by Gasteiger charge is -1.96. The van der Waals surface area contributed by atoms with Crippen molar-refractivity contribution >= 4 is 11.7 Å². The Labute approximate surface area is 111 Å². The SMILES string of the molecule is Nc1ccccc1.O=C(O)c1cccc([C@@H]2CO2)c1. The molecule has 0 saturated carbocycles. The van der Waals surface area contributed by atoms with Crippen LogP contribution in [0.25, 0.3) is 0 Å². The Hall–Kier alpha value is -2.33. The van der Waals surface area contributed by atoms with E-state index in [-0.39, 0.29) is 6.10 Å². The third kappa shape index (κ3) is 4.12. The Kier molecular flexibility index (Phi) is 4.15. The first-order valence-corrected chi connectivity index (χ1v) is 5.92. The van der Waals surface area contributed by atoms with Crippen LogP contribution in [0.1, 0.15) is 22.0 Å². The van der Waals surface area contributed by atoms with Gasteiger partial charge in [-0.05, 0) is 29.8 Å². The van der Waals surface area contributed by atoms with Gasteiger partial charge in [-0.15, -0.1) is 0 Å². The smallest absolute Gasteiger partial charge is 0.335 e. The lowest BCUT2D eigenvalue weighted by atomic mass is 10.1. The quantitative estimate of drug-likeness (QED) is 0.640. The van der Waals surface area contributed by atoms with E-state index in [4.69, 9.17) is 15.6 Å². The van der Waals surface area contributed by atoms with E-state index < -0.39 is 5.97 Å². The van der Waals surface area contributed by atoms with E-state index in [1.807, 2.05) is 36.4 Å². The van der Waals surface area contributed by atoms with E-state index in [1.54, 1.807) is 18.2 Å². The number of para-hydroxylation sites is 1. The molecular weight excluding hydrogens is 242 g/mol. The Morgan fingerprint density at radius 2 is 1.84 bits per heavy atom. The number of aromatic carboxylic acids is 1. The summed E-state index contributed by atoms with van der Waals surface area (Å²) in [7, 11) is 0. The van der Waals surface area contributed by atoms with Crippen LogP contribution in [-0.2, 0) is 4.74 Å². The van der Waals surface area contributed by atoms with Gasteiger partial charge in [0.25, 0.3) is 0 Å². The summed E-state index contributed by atoms with van der Waals surface area (Å²) in [5.41, 5.74) is 7.46. The fourth-order valence-electron chi connectivity index (χ4n) is 1.57. The van der Waals surface area contributed by atoms with Crippen molar-refractivity contribution in [2.75, 3.05) is 12.3 Å². The minimum atomic E-state index is -0.891. The third-order valence-corrected chi connectivity index (χ3v) is 2.64. The van der Waals surface area contributed by atoms with Crippen LogP contribution >= 0.6 is 0 Å². The minimum Gasteiger partial charge on any atom is -0.478 e. The molecule has 1 aliphatic heterocycles. The Morgan fingerprint density at radius 1 is 1.16 bits per heavy atom. The van der Waals surface area contributed by atoms with Gasteiger partial charge >= 0.3 is 5.97 Å². The number of nitrogen functional groups attached to an aromatic ring is 1. The molecule has 0 spiro atoms. The number of hydrogen-bond donors (Lipinski definition) is 2. The highest BCUT2D eigenvalue weighted by Crippen LogP contribution is 2.29. The molecule has 0 aliphatic carbocycles. The highest BCUT2D eigenvalue weighted by molar-refractivity contribution is 5.87. The standard InChI is InChI=1S/C9H8O3.C6H7N/c10-9(11)7-3-1-2-6(4-7)8-5-12-8;7-6-4-2-1-3-5-6/h1-4,8H,5H2,(H,10,11);1-5H,7H2/t8-;/m0./s1. The van der Waals surface area contributed by atoms with Crippen LogP contribution in [-0.4, -0.2) is 17.7 Å². The van der Waals surface area contributed by atoms with Crippen molar-refractivity contribution in [1.82, 2.24) is 0 Å². The van der Waals surface area contributed by atoms with Crippen LogP contribution in [0, 0.1) is 0 Å². The Bertz CT molecular complexity index is 550. The van der Waals surface area contributed by atoms with Gasteiger partial charge in [0.2, 0.25) is 0 Å². The highest BCUT2D eigenvalue weighted by atomic mass is 16.6. The molecule has 4 nitrogen and oxygen atoms in total. The molecule has 4 heteroatoms. The molecule has 3 rings (SSSR count). The summed E-state index contributed by atoms with van der Waals surface area (Å²) in [6.45, 7) is 0.711. The van der Waals surface area contributed by atoms with Gasteiger partial charge in [-0.1, -0.05) is 30.3 Å². The van der Waals surface area contributed by atoms with Gasteiger partial charge in [0.15, 0.2) is 0 Å². The minimum absolute atomic E-state index is 0.129. The number of rotatable bonds is 2. The maximum atomic E-state index is 10.6. The van der Waals surface area contributed by atoms with Crippen molar-refractivity contribution in [1.29, 1.82) is 0 Å². The van der Waals surface area contributed by atoms with E-state index in [0.717, 1.165) is 11.3 Å². The average molecular weight is 257 g/mol. The number of benzene rings is 2. The first-order valence-electron chi connectivity index (χ1n) is 5.92. The zero-order valence-electron chi connectivity index (χ0n) is 10.3. The number of epoxide rings is 1. The summed E-state index contributed by atoms with van der Waals surface area (Å²) in [6, 6.07) is 16.3. The summed E-state index contributed by atoms with van der Waals surface area (Å²) in [4.78, 5) is 10.6. The predicted octanol–water partition coefficient (Wildman–Crippen LogP) is 2.72. The Balaban J connectivity index is 0.000000163. The average Bonchev–Trinajstić information content (AvgIpc) is 3.25. The molecule has 1 atom stereocenters. The summed E-state index contributed by atoms with van der Waals surface area (Å²) >= 11 is 0. The van der Waals surface area contributed by atoms with E-state index in [0.29, 0.717) is 12.2 Å². The first-order chi connectivity index (χ1) is 9.16. The summed E-state index contributed by atoms with van der Waals surface area (Å²) < 4.78 is 5.04. The zero-order valence-corrected chi connectivity index (χ0v) is 10.3. The molecule has 0 bridgehead atoms. The van der Waals surface area contributed by atoms with Crippen molar-refractivity contribution in [3.63, 3.8) is 0 Å². The molecule has 0 aromatic heterocycles. The number of carboxylic acid groups (broad SMARTS) is 1. The Morgan fingerprint density at radius 3 is 2.32 bits per heavy atom. The number of carboxylic acids is 1. The van der Waals surface area contributed by atoms with Crippen LogP contribution in [0.2, 0.25) is 0 Å². The van der Waals surface area contributed by atoms with E-state index in [9.17, 15) is 4.79 Å². The molecule has 1 fully saturated rings. The maximum Gasteiger partial charge on any atom is 0.335 e. The first kappa shape index (κ1) is 13.1. The molecular formula is C15H15NO3. The zero-order chi connectivity index (χ0) is 13.7. The second-order valence-corrected chi connectivity index (χ2v) is 4.16. The number of anilines is 1. The molecule has 1 heterocycles. The topological polar surface area (TPSA) is 75.9 Å². The lowest BCUT2D eigenvalue weighted by molar-refractivity contribution is 0.0696. The van der Waals surface area contributed by atoms with E-state index >= 15 is 0 Å². The van der Waals surface area contributed by atoms with Crippen LogP contribution in [0.4, 0.5) is 5.69 Å². The van der Waals surface area contributed by atoms with Crippen molar-refractivity contribution in [2.24, 2.45) is 0 Å². The van der Waals surface area contributed by atoms with Gasteiger partial charge in [0, 0.05) is 5.69 Å². The summed E-state index contributed by atoms with van der Waals surface area (Å²) in [5.74, 6) is -0.891. The largest absolute Gasteiger partial charge is 0.478 e. The summed E-state index contributed by atoms with van der Waals surface area (Å²) in [6.07, 6.45) is 0.129. The van der Waals surface area contributed by atoms with Gasteiger partial charge in [-0.3, -0.25) is 0 Å². The van der Waals surface area contributed by atoms with Gasteiger partial charge in [-0.25, -0.2) is 4.79 Å². The van der Waals surface area contributed by atoms with E-state index in [2.05, 4.69) is 0 Å². The molecule has 1 aliphatic rings. The second kappa shape index (κ2) is 6.02. The van der Waals surface area contributed by atoms with Crippen molar-refractivity contribution < 1.29 is 14.6 Å². The molecule has 2 aromatic carbocycles. The van der Waals surface area contributed by atoms with E-state index in [1.165, 1.54) is 0 Å². The third-order valence-electron chi connectivity index (χ3n) is 2.64. The monoisotopic (exact) mass is 257 g/mol. The van der Waals surface area contributed by atoms with Crippen LogP contribution in [0.15, 0.2) is 54.6 Å². The van der Waals surface area contributed by atoms with Crippen molar-refractivity contribution in [3.05, 3.63) is 65.7 Å². The normalized spacial score (nSPS) is 16.1. The van der Waals surface area contributed by atoms with Crippen molar-refractivity contribution in [2.45, 2.75) is 6.10 Å². The molecule has 98 valence electrons.